The van der Waals surface area contributed by atoms with E-state index in [9.17, 15) is 8.42 Å². The van der Waals surface area contributed by atoms with Crippen molar-refractivity contribution < 1.29 is 13.2 Å². The first kappa shape index (κ1) is 18.7. The largest absolute Gasteiger partial charge is 0.495 e. The zero-order chi connectivity index (χ0) is 19.4. The topological polar surface area (TPSA) is 80.3 Å². The van der Waals surface area contributed by atoms with Crippen molar-refractivity contribution in [2.24, 2.45) is 0 Å². The second-order valence-corrected chi connectivity index (χ2v) is 7.78. The third-order valence-electron chi connectivity index (χ3n) is 4.02. The smallest absolute Gasteiger partial charge is 0.263 e. The van der Waals surface area contributed by atoms with Crippen LogP contribution in [0.2, 0.25) is 0 Å². The second-order valence-electron chi connectivity index (χ2n) is 6.13. The van der Waals surface area contributed by atoms with Gasteiger partial charge in [0.15, 0.2) is 0 Å². The van der Waals surface area contributed by atoms with Crippen LogP contribution in [0, 0.1) is 13.8 Å². The number of nitrogens with zero attached hydrogens (tertiary/aromatic N) is 1. The number of methoxy groups -OCH3 is 1. The lowest BCUT2D eigenvalue weighted by Crippen LogP contribution is -2.15. The van der Waals surface area contributed by atoms with Gasteiger partial charge in [-0.3, -0.25) is 4.72 Å². The summed E-state index contributed by atoms with van der Waals surface area (Å²) in [5.74, 6) is 0.963. The predicted molar refractivity (Wildman–Crippen MR) is 107 cm³/mol. The maximum absolute atomic E-state index is 12.5. The molecule has 0 saturated heterocycles. The summed E-state index contributed by atoms with van der Waals surface area (Å²) in [7, 11) is -2.08. The van der Waals surface area contributed by atoms with Gasteiger partial charge in [0.2, 0.25) is 0 Å². The van der Waals surface area contributed by atoms with E-state index in [1.807, 2.05) is 25.1 Å². The summed E-state index contributed by atoms with van der Waals surface area (Å²) < 4.78 is 32.9. The molecule has 1 heterocycles. The number of hydrogen-bond acceptors (Lipinski definition) is 5. The Hall–Kier alpha value is -3.06. The Balaban J connectivity index is 1.78. The summed E-state index contributed by atoms with van der Waals surface area (Å²) in [4.78, 5) is 4.43. The van der Waals surface area contributed by atoms with E-state index in [2.05, 4.69) is 15.0 Å². The minimum atomic E-state index is -3.68. The highest BCUT2D eigenvalue weighted by Gasteiger charge is 2.16. The molecule has 3 rings (SSSR count). The summed E-state index contributed by atoms with van der Waals surface area (Å²) in [6.45, 7) is 3.75. The fourth-order valence-corrected chi connectivity index (χ4v) is 3.91. The van der Waals surface area contributed by atoms with Crippen LogP contribution in [0.4, 0.5) is 17.2 Å². The van der Waals surface area contributed by atoms with Crippen molar-refractivity contribution in [3.05, 3.63) is 71.9 Å². The summed E-state index contributed by atoms with van der Waals surface area (Å²) in [6.07, 6.45) is 1.57. The van der Waals surface area contributed by atoms with Crippen LogP contribution in [0.3, 0.4) is 0 Å². The maximum atomic E-state index is 12.5. The van der Waals surface area contributed by atoms with Gasteiger partial charge in [0.25, 0.3) is 10.0 Å². The summed E-state index contributed by atoms with van der Waals surface area (Å²) >= 11 is 0. The lowest BCUT2D eigenvalue weighted by molar-refractivity contribution is 0.416. The van der Waals surface area contributed by atoms with Gasteiger partial charge >= 0.3 is 0 Å². The summed E-state index contributed by atoms with van der Waals surface area (Å²) in [5, 5.41) is 3.23. The number of nitrogens with one attached hydrogen (secondary N) is 2. The van der Waals surface area contributed by atoms with Crippen molar-refractivity contribution in [1.82, 2.24) is 4.98 Å². The fraction of sp³-hybridized carbons (Fsp3) is 0.150. The zero-order valence-corrected chi connectivity index (χ0v) is 16.2. The second kappa shape index (κ2) is 7.67. The van der Waals surface area contributed by atoms with Crippen LogP contribution in [0.5, 0.6) is 5.75 Å². The van der Waals surface area contributed by atoms with Gasteiger partial charge in [-0.15, -0.1) is 0 Å². The molecule has 0 saturated carbocycles. The first-order valence-corrected chi connectivity index (χ1v) is 9.83. The molecule has 2 N–H and O–H groups in total. The van der Waals surface area contributed by atoms with Crippen LogP contribution in [0.15, 0.2) is 65.7 Å². The molecule has 0 bridgehead atoms. The maximum Gasteiger partial charge on any atom is 0.263 e. The van der Waals surface area contributed by atoms with Crippen LogP contribution in [-0.4, -0.2) is 20.5 Å². The number of aromatic nitrogens is 1. The molecule has 0 radical (unpaired) electrons. The Bertz CT molecular complexity index is 1050. The molecular formula is C20H21N3O3S. The molecule has 140 valence electrons. The number of ether oxygens (including phenoxy) is 1. The van der Waals surface area contributed by atoms with Crippen LogP contribution in [0.1, 0.15) is 11.1 Å². The highest BCUT2D eigenvalue weighted by atomic mass is 32.2. The third-order valence-corrected chi connectivity index (χ3v) is 5.53. The molecule has 0 amide bonds. The average Bonchev–Trinajstić information content (AvgIpc) is 2.63. The standard InChI is InChI=1S/C20H21N3O3S/c1-14-8-10-18(26-3)17(12-14)22-16-9-11-20(21-13-16)23-27(24,25)19-7-5-4-6-15(19)2/h4-13,22H,1-3H3,(H,21,23). The van der Waals surface area contributed by atoms with Crippen molar-refractivity contribution in [1.29, 1.82) is 0 Å². The van der Waals surface area contributed by atoms with Gasteiger partial charge in [0.1, 0.15) is 11.6 Å². The molecule has 0 spiro atoms. The van der Waals surface area contributed by atoms with E-state index in [0.29, 0.717) is 11.3 Å². The van der Waals surface area contributed by atoms with E-state index in [1.165, 1.54) is 0 Å². The average molecular weight is 383 g/mol. The van der Waals surface area contributed by atoms with Crippen molar-refractivity contribution in [3.63, 3.8) is 0 Å². The van der Waals surface area contributed by atoms with Gasteiger partial charge in [-0.25, -0.2) is 13.4 Å². The molecule has 0 fully saturated rings. The van der Waals surface area contributed by atoms with Gasteiger partial charge < -0.3 is 10.1 Å². The van der Waals surface area contributed by atoms with E-state index in [4.69, 9.17) is 4.74 Å². The van der Waals surface area contributed by atoms with E-state index in [0.717, 1.165) is 16.9 Å². The molecule has 0 atom stereocenters. The Morgan fingerprint density at radius 1 is 1.00 bits per heavy atom. The third kappa shape index (κ3) is 4.38. The van der Waals surface area contributed by atoms with E-state index >= 15 is 0 Å². The number of sulfonamides is 1. The quantitative estimate of drug-likeness (QED) is 0.665. The summed E-state index contributed by atoms with van der Waals surface area (Å²) in [6, 6.07) is 16.0. The van der Waals surface area contributed by atoms with Crippen LogP contribution in [-0.2, 0) is 10.0 Å². The van der Waals surface area contributed by atoms with Gasteiger partial charge in [-0.2, -0.15) is 0 Å². The van der Waals surface area contributed by atoms with Crippen LogP contribution in [0.25, 0.3) is 0 Å². The van der Waals surface area contributed by atoms with Gasteiger partial charge in [-0.1, -0.05) is 24.3 Å². The molecule has 0 aliphatic heterocycles. The molecule has 1 aromatic heterocycles. The zero-order valence-electron chi connectivity index (χ0n) is 15.4. The molecular weight excluding hydrogens is 362 g/mol. The highest BCUT2D eigenvalue weighted by Crippen LogP contribution is 2.28. The first-order valence-electron chi connectivity index (χ1n) is 8.35. The van der Waals surface area contributed by atoms with Crippen molar-refractivity contribution in [2.45, 2.75) is 18.7 Å². The van der Waals surface area contributed by atoms with Gasteiger partial charge in [0, 0.05) is 0 Å². The highest BCUT2D eigenvalue weighted by molar-refractivity contribution is 7.92. The Morgan fingerprint density at radius 2 is 1.78 bits per heavy atom. The van der Waals surface area contributed by atoms with E-state index in [-0.39, 0.29) is 10.7 Å². The number of anilines is 3. The SMILES string of the molecule is COc1ccc(C)cc1Nc1ccc(NS(=O)(=O)c2ccccc2C)nc1. The molecule has 0 unspecified atom stereocenters. The van der Waals surface area contributed by atoms with Crippen LogP contribution >= 0.6 is 0 Å². The molecule has 0 aliphatic carbocycles. The molecule has 7 heteroatoms. The molecule has 6 nitrogen and oxygen atoms in total. The van der Waals surface area contributed by atoms with Crippen LogP contribution < -0.4 is 14.8 Å². The number of rotatable bonds is 6. The predicted octanol–water partition coefficient (Wildman–Crippen LogP) is 4.25. The molecule has 2 aromatic carbocycles. The van der Waals surface area contributed by atoms with E-state index in [1.54, 1.807) is 56.6 Å². The minimum absolute atomic E-state index is 0.235. The molecule has 27 heavy (non-hydrogen) atoms. The minimum Gasteiger partial charge on any atom is -0.495 e. The monoisotopic (exact) mass is 383 g/mol. The fourth-order valence-electron chi connectivity index (χ4n) is 2.65. The van der Waals surface area contributed by atoms with E-state index < -0.39 is 10.0 Å². The first-order chi connectivity index (χ1) is 12.9. The number of benzene rings is 2. The lowest BCUT2D eigenvalue weighted by Gasteiger charge is -2.13. The van der Waals surface area contributed by atoms with Gasteiger partial charge in [-0.05, 0) is 55.3 Å². The Morgan fingerprint density at radius 3 is 2.44 bits per heavy atom. The van der Waals surface area contributed by atoms with Crippen molar-refractivity contribution in [2.75, 3.05) is 17.1 Å². The summed E-state index contributed by atoms with van der Waals surface area (Å²) in [5.41, 5.74) is 3.30. The lowest BCUT2D eigenvalue weighted by atomic mass is 10.2. The molecule has 3 aromatic rings. The van der Waals surface area contributed by atoms with Gasteiger partial charge in [0.05, 0.1) is 29.6 Å². The van der Waals surface area contributed by atoms with Crippen molar-refractivity contribution >= 4 is 27.2 Å². The Kier molecular flexibility index (Phi) is 5.32. The normalized spacial score (nSPS) is 11.1. The Labute approximate surface area is 159 Å². The number of pyridine rings is 1. The molecule has 0 aliphatic rings. The van der Waals surface area contributed by atoms with Crippen molar-refractivity contribution in [3.8, 4) is 5.75 Å². The number of aryl methyl sites for hydroxylation is 2. The number of hydrogen-bond donors (Lipinski definition) is 2.